The third-order valence-corrected chi connectivity index (χ3v) is 7.84. The van der Waals surface area contributed by atoms with Crippen LogP contribution in [-0.2, 0) is 4.74 Å². The van der Waals surface area contributed by atoms with Crippen molar-refractivity contribution in [1.29, 1.82) is 0 Å². The van der Waals surface area contributed by atoms with Crippen molar-refractivity contribution in [2.24, 2.45) is 0 Å². The van der Waals surface area contributed by atoms with Crippen molar-refractivity contribution in [2.75, 3.05) is 12.0 Å². The largest absolute Gasteiger partial charge is 0.465 e. The molecule has 0 saturated carbocycles. The van der Waals surface area contributed by atoms with Crippen LogP contribution in [0.3, 0.4) is 0 Å². The Hall–Kier alpha value is -4.95. The number of benzene rings is 3. The van der Waals surface area contributed by atoms with Crippen LogP contribution in [0.4, 0.5) is 5.69 Å². The molecule has 2 atom stereocenters. The van der Waals surface area contributed by atoms with E-state index in [1.807, 2.05) is 91.1 Å². The summed E-state index contributed by atoms with van der Waals surface area (Å²) in [6.45, 7) is 4.20. The number of hydrogen-bond donors (Lipinski definition) is 1. The molecule has 5 aromatic rings. The second-order valence-corrected chi connectivity index (χ2v) is 10.5. The van der Waals surface area contributed by atoms with Gasteiger partial charge in [-0.15, -0.1) is 0 Å². The number of ether oxygens (including phenoxy) is 2. The maximum absolute atomic E-state index is 12.0. The molecular formula is C34H30N4O3S. The molecule has 42 heavy (non-hydrogen) atoms. The molecule has 0 radical (unpaired) electrons. The monoisotopic (exact) mass is 574 g/mol. The summed E-state index contributed by atoms with van der Waals surface area (Å²) in [5, 5.41) is 4.17. The van der Waals surface area contributed by atoms with Gasteiger partial charge in [0.25, 0.3) is 0 Å². The number of aryl methyl sites for hydroxylation is 1. The first-order valence-corrected chi connectivity index (χ1v) is 14.1. The topological polar surface area (TPSA) is 68.6 Å². The minimum Gasteiger partial charge on any atom is -0.465 e. The second-order valence-electron chi connectivity index (χ2n) is 10.1. The van der Waals surface area contributed by atoms with Crippen LogP contribution in [0.15, 0.2) is 109 Å². The van der Waals surface area contributed by atoms with Crippen molar-refractivity contribution in [3.05, 3.63) is 138 Å². The summed E-state index contributed by atoms with van der Waals surface area (Å²) < 4.78 is 13.1. The van der Waals surface area contributed by atoms with E-state index in [-0.39, 0.29) is 18.1 Å². The molecule has 0 aliphatic carbocycles. The van der Waals surface area contributed by atoms with Gasteiger partial charge in [-0.25, -0.2) is 4.79 Å². The Bertz CT molecular complexity index is 1720. The van der Waals surface area contributed by atoms with Crippen molar-refractivity contribution < 1.29 is 14.3 Å². The molecule has 2 unspecified atom stereocenters. The summed E-state index contributed by atoms with van der Waals surface area (Å²) >= 11 is 5.95. The average Bonchev–Trinajstić information content (AvgIpc) is 3.52. The molecule has 1 N–H and O–H groups in total. The predicted molar refractivity (Wildman–Crippen MR) is 167 cm³/mol. The number of nitrogens with one attached hydrogen (secondary N) is 1. The van der Waals surface area contributed by atoms with Crippen molar-refractivity contribution in [3.63, 3.8) is 0 Å². The summed E-state index contributed by atoms with van der Waals surface area (Å²) in [4.78, 5) is 18.8. The standard InChI is InChI=1S/C34H30N4O3S/c1-22-21-29(23(2)37(22)25-14-12-24(13-15-25)33(39)40-3)32-31(30-11-7-8-20-35-30)36-34(42)38(32)26-16-18-28(19-17-26)41-27-9-5-4-6-10-27/h4-21,31-32H,1-3H3,(H,36,42). The lowest BCUT2D eigenvalue weighted by Crippen LogP contribution is -2.29. The third-order valence-electron chi connectivity index (χ3n) is 7.53. The lowest BCUT2D eigenvalue weighted by Gasteiger charge is -2.28. The van der Waals surface area contributed by atoms with Crippen molar-refractivity contribution in [1.82, 2.24) is 14.9 Å². The number of nitrogens with zero attached hydrogens (tertiary/aromatic N) is 3. The molecule has 7 nitrogen and oxygen atoms in total. The zero-order valence-corrected chi connectivity index (χ0v) is 24.3. The number of thiocarbonyl (C=S) groups is 1. The number of methoxy groups -OCH3 is 1. The average molecular weight is 575 g/mol. The minimum absolute atomic E-state index is 0.164. The van der Waals surface area contributed by atoms with Gasteiger partial charge in [-0.3, -0.25) is 4.98 Å². The zero-order valence-electron chi connectivity index (χ0n) is 23.5. The number of esters is 1. The Morgan fingerprint density at radius 3 is 2.19 bits per heavy atom. The van der Waals surface area contributed by atoms with Gasteiger partial charge in [0.15, 0.2) is 5.11 Å². The minimum atomic E-state index is -0.359. The van der Waals surface area contributed by atoms with E-state index in [0.717, 1.165) is 45.5 Å². The Labute approximate surface area is 250 Å². The molecule has 1 saturated heterocycles. The molecule has 1 aliphatic heterocycles. The van der Waals surface area contributed by atoms with Gasteiger partial charge in [0.1, 0.15) is 11.5 Å². The van der Waals surface area contributed by atoms with E-state index in [9.17, 15) is 4.79 Å². The van der Waals surface area contributed by atoms with Crippen LogP contribution in [0.2, 0.25) is 0 Å². The summed E-state index contributed by atoms with van der Waals surface area (Å²) in [6.07, 6.45) is 1.81. The first kappa shape index (κ1) is 27.2. The summed E-state index contributed by atoms with van der Waals surface area (Å²) in [5.74, 6) is 1.17. The number of carbonyl (C=O) groups is 1. The Morgan fingerprint density at radius 1 is 0.857 bits per heavy atom. The van der Waals surface area contributed by atoms with Crippen molar-refractivity contribution >= 4 is 29.0 Å². The van der Waals surface area contributed by atoms with Crippen LogP contribution in [0.1, 0.15) is 45.1 Å². The maximum Gasteiger partial charge on any atom is 0.337 e. The van der Waals surface area contributed by atoms with E-state index < -0.39 is 0 Å². The quantitative estimate of drug-likeness (QED) is 0.162. The van der Waals surface area contributed by atoms with Gasteiger partial charge < -0.3 is 24.3 Å². The number of carbonyl (C=O) groups excluding carboxylic acids is 1. The van der Waals surface area contributed by atoms with Gasteiger partial charge in [0, 0.05) is 29.0 Å². The fourth-order valence-corrected chi connectivity index (χ4v) is 5.94. The number of para-hydroxylation sites is 1. The van der Waals surface area contributed by atoms with Crippen LogP contribution in [0, 0.1) is 13.8 Å². The summed E-state index contributed by atoms with van der Waals surface area (Å²) in [6, 6.07) is 33.0. The van der Waals surface area contributed by atoms with Crippen molar-refractivity contribution in [3.8, 4) is 17.2 Å². The van der Waals surface area contributed by atoms with Gasteiger partial charge in [-0.2, -0.15) is 0 Å². The van der Waals surface area contributed by atoms with Crippen LogP contribution in [-0.4, -0.2) is 27.7 Å². The summed E-state index contributed by atoms with van der Waals surface area (Å²) in [5.41, 5.74) is 6.59. The number of aromatic nitrogens is 2. The molecule has 1 fully saturated rings. The fourth-order valence-electron chi connectivity index (χ4n) is 5.60. The van der Waals surface area contributed by atoms with Gasteiger partial charge in [0.05, 0.1) is 30.5 Å². The fraction of sp³-hybridized carbons (Fsp3) is 0.147. The molecule has 2 aromatic heterocycles. The number of rotatable bonds is 7. The Morgan fingerprint density at radius 2 is 1.52 bits per heavy atom. The van der Waals surface area contributed by atoms with Crippen LogP contribution >= 0.6 is 12.2 Å². The normalized spacial score (nSPS) is 16.3. The molecule has 3 heterocycles. The van der Waals surface area contributed by atoms with Gasteiger partial charge in [-0.05, 0) is 110 Å². The first-order valence-electron chi connectivity index (χ1n) is 13.7. The third kappa shape index (κ3) is 5.12. The molecule has 210 valence electrons. The van der Waals surface area contributed by atoms with E-state index in [1.165, 1.54) is 7.11 Å². The van der Waals surface area contributed by atoms with Crippen molar-refractivity contribution in [2.45, 2.75) is 25.9 Å². The van der Waals surface area contributed by atoms with E-state index in [1.54, 1.807) is 12.1 Å². The Balaban J connectivity index is 1.40. The molecule has 3 aromatic carbocycles. The molecule has 0 amide bonds. The maximum atomic E-state index is 12.0. The molecule has 6 rings (SSSR count). The lowest BCUT2D eigenvalue weighted by atomic mass is 9.96. The van der Waals surface area contributed by atoms with Crippen LogP contribution in [0.25, 0.3) is 5.69 Å². The molecule has 8 heteroatoms. The van der Waals surface area contributed by atoms with E-state index >= 15 is 0 Å². The predicted octanol–water partition coefficient (Wildman–Crippen LogP) is 7.25. The zero-order chi connectivity index (χ0) is 29.2. The smallest absolute Gasteiger partial charge is 0.337 e. The van der Waals surface area contributed by atoms with Crippen LogP contribution in [0.5, 0.6) is 11.5 Å². The second kappa shape index (κ2) is 11.5. The van der Waals surface area contributed by atoms with Gasteiger partial charge >= 0.3 is 5.97 Å². The Kier molecular flexibility index (Phi) is 7.46. The molecule has 0 bridgehead atoms. The molecule has 1 aliphatic rings. The highest BCUT2D eigenvalue weighted by Gasteiger charge is 2.42. The van der Waals surface area contributed by atoms with E-state index in [4.69, 9.17) is 26.7 Å². The van der Waals surface area contributed by atoms with Gasteiger partial charge in [0.2, 0.25) is 0 Å². The number of hydrogen-bond acceptors (Lipinski definition) is 5. The van der Waals surface area contributed by atoms with Crippen LogP contribution < -0.4 is 15.0 Å². The van der Waals surface area contributed by atoms with Gasteiger partial charge in [-0.1, -0.05) is 24.3 Å². The molecular weight excluding hydrogens is 544 g/mol. The highest BCUT2D eigenvalue weighted by atomic mass is 32.1. The summed E-state index contributed by atoms with van der Waals surface area (Å²) in [7, 11) is 1.39. The lowest BCUT2D eigenvalue weighted by molar-refractivity contribution is 0.0600. The SMILES string of the molecule is COC(=O)c1ccc(-n2c(C)cc(C3C(c4ccccn4)NC(=S)N3c3ccc(Oc4ccccc4)cc3)c2C)cc1. The number of pyridine rings is 1. The highest BCUT2D eigenvalue weighted by molar-refractivity contribution is 7.80. The number of anilines is 1. The first-order chi connectivity index (χ1) is 20.4. The highest BCUT2D eigenvalue weighted by Crippen LogP contribution is 2.44. The van der Waals surface area contributed by atoms with E-state index in [2.05, 4.69) is 34.7 Å². The molecule has 0 spiro atoms. The van der Waals surface area contributed by atoms with E-state index in [0.29, 0.717) is 10.7 Å².